The van der Waals surface area contributed by atoms with E-state index in [1.54, 1.807) is 6.92 Å². The summed E-state index contributed by atoms with van der Waals surface area (Å²) in [7, 11) is 0. The van der Waals surface area contributed by atoms with Crippen molar-refractivity contribution in [3.8, 4) is 0 Å². The van der Waals surface area contributed by atoms with Gasteiger partial charge in [-0.25, -0.2) is 9.69 Å². The predicted octanol–water partition coefficient (Wildman–Crippen LogP) is 2.24. The number of nitrogens with one attached hydrogen (secondary N) is 2. The van der Waals surface area contributed by atoms with Crippen LogP contribution in [0, 0.1) is 0 Å². The Morgan fingerprint density at radius 2 is 1.81 bits per heavy atom. The third-order valence-electron chi connectivity index (χ3n) is 6.65. The Morgan fingerprint density at radius 1 is 1.09 bits per heavy atom. The number of rotatable bonds is 4. The van der Waals surface area contributed by atoms with Crippen molar-refractivity contribution in [2.24, 2.45) is 0 Å². The highest BCUT2D eigenvalue weighted by Crippen LogP contribution is 2.41. The number of amides is 4. The van der Waals surface area contributed by atoms with E-state index in [4.69, 9.17) is 4.74 Å². The Kier molecular flexibility index (Phi) is 5.09. The Balaban J connectivity index is 1.29. The van der Waals surface area contributed by atoms with Crippen molar-refractivity contribution in [3.05, 3.63) is 59.7 Å². The van der Waals surface area contributed by atoms with E-state index in [1.165, 1.54) is 0 Å². The molecule has 0 radical (unpaired) electrons. The smallest absolute Gasteiger partial charge is 0.326 e. The van der Waals surface area contributed by atoms with Crippen LogP contribution in [0.25, 0.3) is 0 Å². The first-order chi connectivity index (χ1) is 15.5. The number of hydrogen-bond acceptors (Lipinski definition) is 5. The van der Waals surface area contributed by atoms with Crippen LogP contribution in [0.4, 0.5) is 16.2 Å². The molecule has 2 aliphatic heterocycles. The van der Waals surface area contributed by atoms with E-state index in [0.717, 1.165) is 34.8 Å². The number of nitrogens with zero attached hydrogens (tertiary/aromatic N) is 2. The average molecular weight is 434 g/mol. The van der Waals surface area contributed by atoms with E-state index < -0.39 is 23.5 Å². The first-order valence-corrected chi connectivity index (χ1v) is 11.0. The van der Waals surface area contributed by atoms with Gasteiger partial charge >= 0.3 is 6.03 Å². The molecule has 2 saturated heterocycles. The number of hydrogen-bond donors (Lipinski definition) is 2. The molecule has 8 heteroatoms. The van der Waals surface area contributed by atoms with Gasteiger partial charge in [-0.1, -0.05) is 24.3 Å². The Hall–Kier alpha value is -3.39. The zero-order valence-corrected chi connectivity index (χ0v) is 18.0. The number of ether oxygens (including phenoxy) is 1. The molecule has 2 aromatic carbocycles. The van der Waals surface area contributed by atoms with Crippen molar-refractivity contribution in [1.82, 2.24) is 10.2 Å². The fourth-order valence-electron chi connectivity index (χ4n) is 4.85. The van der Waals surface area contributed by atoms with Crippen molar-refractivity contribution in [2.45, 2.75) is 31.3 Å². The van der Waals surface area contributed by atoms with Crippen molar-refractivity contribution >= 4 is 29.2 Å². The molecule has 2 N–H and O–H groups in total. The zero-order chi connectivity index (χ0) is 22.3. The number of urea groups is 1. The highest BCUT2D eigenvalue weighted by atomic mass is 16.5. The molecule has 1 spiro atoms. The summed E-state index contributed by atoms with van der Waals surface area (Å²) in [4.78, 5) is 42.3. The van der Waals surface area contributed by atoms with E-state index >= 15 is 0 Å². The van der Waals surface area contributed by atoms with Crippen LogP contribution in [-0.4, -0.2) is 55.1 Å². The van der Waals surface area contributed by atoms with Crippen LogP contribution in [0.3, 0.4) is 0 Å². The molecule has 166 valence electrons. The molecule has 8 nitrogen and oxygen atoms in total. The molecule has 2 atom stereocenters. The van der Waals surface area contributed by atoms with Gasteiger partial charge < -0.3 is 20.3 Å². The van der Waals surface area contributed by atoms with E-state index in [1.807, 2.05) is 48.5 Å². The summed E-state index contributed by atoms with van der Waals surface area (Å²) in [5.74, 6) is -0.770. The number of carbonyl (C=O) groups is 3. The topological polar surface area (TPSA) is 91.0 Å². The number of anilines is 2. The average Bonchev–Trinajstić information content (AvgIpc) is 3.31. The van der Waals surface area contributed by atoms with Crippen LogP contribution < -0.4 is 15.5 Å². The number of carbonyl (C=O) groups excluding carboxylic acids is 3. The lowest BCUT2D eigenvalue weighted by Gasteiger charge is -2.29. The number of benzene rings is 2. The summed E-state index contributed by atoms with van der Waals surface area (Å²) in [5, 5.41) is 5.70. The van der Waals surface area contributed by atoms with Crippen LogP contribution in [0.1, 0.15) is 24.5 Å². The second-order valence-corrected chi connectivity index (χ2v) is 8.48. The van der Waals surface area contributed by atoms with E-state index in [2.05, 4.69) is 15.5 Å². The highest BCUT2D eigenvalue weighted by molar-refractivity contribution is 6.11. The monoisotopic (exact) mass is 434 g/mol. The maximum atomic E-state index is 13.4. The normalized spacial score (nSPS) is 23.3. The fraction of sp³-hybridized carbons (Fsp3) is 0.375. The first-order valence-electron chi connectivity index (χ1n) is 11.0. The van der Waals surface area contributed by atoms with E-state index in [-0.39, 0.29) is 5.91 Å². The Bertz CT molecular complexity index is 1060. The summed E-state index contributed by atoms with van der Waals surface area (Å²) in [5.41, 5.74) is 2.50. The third-order valence-corrected chi connectivity index (χ3v) is 6.65. The molecule has 32 heavy (non-hydrogen) atoms. The number of aryl methyl sites for hydroxylation is 1. The molecule has 0 bridgehead atoms. The van der Waals surface area contributed by atoms with Crippen molar-refractivity contribution in [3.63, 3.8) is 0 Å². The molecule has 4 amide bonds. The molecule has 0 unspecified atom stereocenters. The van der Waals surface area contributed by atoms with Gasteiger partial charge in [-0.05, 0) is 55.2 Å². The molecule has 2 heterocycles. The van der Waals surface area contributed by atoms with Gasteiger partial charge in [-0.2, -0.15) is 0 Å². The predicted molar refractivity (Wildman–Crippen MR) is 119 cm³/mol. The second kappa shape index (κ2) is 7.94. The molecule has 2 fully saturated rings. The van der Waals surface area contributed by atoms with Crippen LogP contribution in [0.5, 0.6) is 0 Å². The van der Waals surface area contributed by atoms with Crippen LogP contribution in [0.15, 0.2) is 48.5 Å². The summed E-state index contributed by atoms with van der Waals surface area (Å²) < 4.78 is 5.38. The second-order valence-electron chi connectivity index (χ2n) is 8.48. The first kappa shape index (κ1) is 20.5. The van der Waals surface area contributed by atoms with Crippen molar-refractivity contribution < 1.29 is 19.1 Å². The number of imide groups is 1. The van der Waals surface area contributed by atoms with Gasteiger partial charge in [0.1, 0.15) is 11.6 Å². The van der Waals surface area contributed by atoms with Crippen LogP contribution >= 0.6 is 0 Å². The van der Waals surface area contributed by atoms with Gasteiger partial charge in [0.15, 0.2) is 0 Å². The molecule has 0 aromatic heterocycles. The summed E-state index contributed by atoms with van der Waals surface area (Å²) in [6.07, 6.45) is 1.22. The van der Waals surface area contributed by atoms with E-state index in [0.29, 0.717) is 31.7 Å². The number of fused-ring (bicyclic) bond motifs is 2. The molecule has 3 aliphatic rings. The summed E-state index contributed by atoms with van der Waals surface area (Å²) in [6, 6.07) is 13.7. The quantitative estimate of drug-likeness (QED) is 0.721. The minimum atomic E-state index is -1.07. The largest absolute Gasteiger partial charge is 0.378 e. The third kappa shape index (κ3) is 3.31. The fourth-order valence-corrected chi connectivity index (χ4v) is 4.85. The Morgan fingerprint density at radius 3 is 2.56 bits per heavy atom. The minimum Gasteiger partial charge on any atom is -0.378 e. The van der Waals surface area contributed by atoms with Gasteiger partial charge in [-0.3, -0.25) is 9.59 Å². The maximum Gasteiger partial charge on any atom is 0.326 e. The zero-order valence-electron chi connectivity index (χ0n) is 18.0. The molecule has 5 rings (SSSR count). The van der Waals surface area contributed by atoms with E-state index in [9.17, 15) is 14.4 Å². The van der Waals surface area contributed by atoms with Gasteiger partial charge in [0.05, 0.1) is 13.2 Å². The lowest BCUT2D eigenvalue weighted by molar-refractivity contribution is -0.136. The summed E-state index contributed by atoms with van der Waals surface area (Å²) >= 11 is 0. The van der Waals surface area contributed by atoms with Crippen LogP contribution in [0.2, 0.25) is 0 Å². The van der Waals surface area contributed by atoms with Crippen molar-refractivity contribution in [1.29, 1.82) is 0 Å². The lowest BCUT2D eigenvalue weighted by Crippen LogP contribution is -2.47. The van der Waals surface area contributed by atoms with Crippen LogP contribution in [-0.2, 0) is 26.3 Å². The van der Waals surface area contributed by atoms with Gasteiger partial charge in [0.2, 0.25) is 5.91 Å². The molecular formula is C24H26N4O4. The minimum absolute atomic E-state index is 0.363. The lowest BCUT2D eigenvalue weighted by atomic mass is 9.91. The van der Waals surface area contributed by atoms with Gasteiger partial charge in [0, 0.05) is 24.5 Å². The highest BCUT2D eigenvalue weighted by Gasteiger charge is 2.57. The number of morpholine rings is 1. The molecule has 2 aromatic rings. The van der Waals surface area contributed by atoms with Gasteiger partial charge in [-0.15, -0.1) is 0 Å². The SMILES string of the molecule is C[C@@H](C(=O)Nc1ccc(N2CCOCC2)cc1)N1C(=O)N[C@@]2(CCc3ccccc32)C1=O. The standard InChI is InChI=1S/C24H26N4O4/c1-16(21(29)25-18-6-8-19(9-7-18)27-12-14-32-15-13-27)28-22(30)24(26-23(28)31)11-10-17-4-2-3-5-20(17)24/h2-9,16H,10-15H2,1H3,(H,25,29)(H,26,31)/t16-,24+/m0/s1. The van der Waals surface area contributed by atoms with Crippen molar-refractivity contribution in [2.75, 3.05) is 36.5 Å². The molecule has 0 saturated carbocycles. The maximum absolute atomic E-state index is 13.4. The molecular weight excluding hydrogens is 408 g/mol. The summed E-state index contributed by atoms with van der Waals surface area (Å²) in [6.45, 7) is 4.65. The van der Waals surface area contributed by atoms with Gasteiger partial charge in [0.25, 0.3) is 5.91 Å². The Labute approximate surface area is 186 Å². The molecule has 1 aliphatic carbocycles.